The van der Waals surface area contributed by atoms with Gasteiger partial charge < -0.3 is 0 Å². The van der Waals surface area contributed by atoms with Gasteiger partial charge in [-0.1, -0.05) is 35.3 Å². The van der Waals surface area contributed by atoms with E-state index in [2.05, 4.69) is 5.10 Å². The van der Waals surface area contributed by atoms with E-state index >= 15 is 0 Å². The van der Waals surface area contributed by atoms with Gasteiger partial charge in [0.1, 0.15) is 11.6 Å². The number of carbonyl (C=O) groups excluding carboxylic acids is 1. The fourth-order valence-electron chi connectivity index (χ4n) is 2.24. The summed E-state index contributed by atoms with van der Waals surface area (Å²) in [6.07, 6.45) is 1.14. The number of nitrogens with zero attached hydrogens (tertiary/aromatic N) is 3. The number of sulfonamides is 1. The van der Waals surface area contributed by atoms with Gasteiger partial charge in [0.15, 0.2) is 5.78 Å². The summed E-state index contributed by atoms with van der Waals surface area (Å²) in [4.78, 5) is 24.3. The van der Waals surface area contributed by atoms with E-state index in [0.29, 0.717) is 11.1 Å². The van der Waals surface area contributed by atoms with Crippen molar-refractivity contribution in [2.45, 2.75) is 24.8 Å². The minimum atomic E-state index is -3.62. The van der Waals surface area contributed by atoms with E-state index < -0.39 is 15.6 Å². The summed E-state index contributed by atoms with van der Waals surface area (Å²) >= 11 is 11.5. The Labute approximate surface area is 161 Å². The molecule has 0 atom stereocenters. The Morgan fingerprint density at radius 2 is 1.92 bits per heavy atom. The Kier molecular flexibility index (Phi) is 6.23. The minimum Gasteiger partial charge on any atom is -0.297 e. The number of Topliss-reactive ketones (excluding diaryl/α,β-unsaturated/α-hetero) is 1. The zero-order valence-corrected chi connectivity index (χ0v) is 16.7. The van der Waals surface area contributed by atoms with E-state index in [1.807, 2.05) is 0 Å². The zero-order chi connectivity index (χ0) is 19.6. The molecule has 0 fully saturated rings. The molecule has 0 aliphatic heterocycles. The maximum atomic E-state index is 12.4. The van der Waals surface area contributed by atoms with Crippen LogP contribution in [0.2, 0.25) is 10.0 Å². The highest BCUT2D eigenvalue weighted by Crippen LogP contribution is 2.20. The second kappa shape index (κ2) is 7.87. The highest BCUT2D eigenvalue weighted by molar-refractivity contribution is 7.89. The lowest BCUT2D eigenvalue weighted by Gasteiger charge is -2.14. The molecule has 2 aromatic rings. The highest BCUT2D eigenvalue weighted by atomic mass is 35.5. The van der Waals surface area contributed by atoms with Gasteiger partial charge in [-0.15, -0.1) is 0 Å². The van der Waals surface area contributed by atoms with Crippen LogP contribution in [-0.2, 0) is 27.8 Å². The van der Waals surface area contributed by atoms with Gasteiger partial charge in [-0.3, -0.25) is 9.59 Å². The zero-order valence-electron chi connectivity index (χ0n) is 14.4. The number of carbonyl (C=O) groups is 1. The number of hydrogen-bond donors (Lipinski definition) is 0. The third-order valence-electron chi connectivity index (χ3n) is 3.68. The van der Waals surface area contributed by atoms with Crippen LogP contribution in [0.5, 0.6) is 0 Å². The van der Waals surface area contributed by atoms with Crippen molar-refractivity contribution in [3.05, 3.63) is 55.9 Å². The molecule has 0 radical (unpaired) electrons. The Bertz CT molecular complexity index is 1020. The first-order chi connectivity index (χ1) is 12.0. The Morgan fingerprint density at radius 1 is 1.27 bits per heavy atom. The van der Waals surface area contributed by atoms with Crippen molar-refractivity contribution in [3.8, 4) is 0 Å². The lowest BCUT2D eigenvalue weighted by molar-refractivity contribution is -0.119. The standard InChI is InChI=1S/C16H17Cl2N3O4S/c1-10-4-5-11(7-14(10)26(24,25)20(2)3)6-12(22)9-21-16(23)15(18)13(17)8-19-21/h4-5,7-8H,6,9H2,1-3H3. The van der Waals surface area contributed by atoms with Crippen LogP contribution in [0.25, 0.3) is 0 Å². The Hall–Kier alpha value is -1.74. The SMILES string of the molecule is Cc1ccc(CC(=O)Cn2ncc(Cl)c(Cl)c2=O)cc1S(=O)(=O)N(C)C. The summed E-state index contributed by atoms with van der Waals surface area (Å²) in [6.45, 7) is 1.39. The molecule has 7 nitrogen and oxygen atoms in total. The van der Waals surface area contributed by atoms with E-state index in [9.17, 15) is 18.0 Å². The molecule has 140 valence electrons. The van der Waals surface area contributed by atoms with Gasteiger partial charge >= 0.3 is 0 Å². The van der Waals surface area contributed by atoms with Gasteiger partial charge in [-0.2, -0.15) is 5.10 Å². The van der Waals surface area contributed by atoms with E-state index in [-0.39, 0.29) is 33.7 Å². The molecule has 10 heteroatoms. The first-order valence-corrected chi connectivity index (χ1v) is 9.68. The molecule has 0 saturated carbocycles. The first kappa shape index (κ1) is 20.6. The van der Waals surface area contributed by atoms with Crippen LogP contribution in [-0.4, -0.2) is 42.4 Å². The van der Waals surface area contributed by atoms with Crippen molar-refractivity contribution in [1.82, 2.24) is 14.1 Å². The quantitative estimate of drug-likeness (QED) is 0.715. The van der Waals surface area contributed by atoms with Crippen LogP contribution in [0.1, 0.15) is 11.1 Å². The predicted molar refractivity (Wildman–Crippen MR) is 99.3 cm³/mol. The molecular formula is C16H17Cl2N3O4S. The first-order valence-electron chi connectivity index (χ1n) is 7.49. The molecule has 0 aliphatic carbocycles. The smallest absolute Gasteiger partial charge is 0.287 e. The van der Waals surface area contributed by atoms with E-state index in [1.54, 1.807) is 19.1 Å². The molecule has 2 rings (SSSR count). The summed E-state index contributed by atoms with van der Waals surface area (Å²) in [7, 11) is -0.741. The van der Waals surface area contributed by atoms with Crippen molar-refractivity contribution >= 4 is 39.0 Å². The summed E-state index contributed by atoms with van der Waals surface area (Å²) in [5, 5.41) is 3.59. The lowest BCUT2D eigenvalue weighted by atomic mass is 10.1. The summed E-state index contributed by atoms with van der Waals surface area (Å²) in [5.74, 6) is -0.324. The lowest BCUT2D eigenvalue weighted by Crippen LogP contribution is -2.27. The molecule has 0 aliphatic rings. The van der Waals surface area contributed by atoms with Crippen LogP contribution in [0.15, 0.2) is 34.1 Å². The summed E-state index contributed by atoms with van der Waals surface area (Å²) < 4.78 is 26.7. The molecule has 0 N–H and O–H groups in total. The molecule has 1 aromatic heterocycles. The van der Waals surface area contributed by atoms with Crippen molar-refractivity contribution in [1.29, 1.82) is 0 Å². The van der Waals surface area contributed by atoms with E-state index in [1.165, 1.54) is 26.4 Å². The monoisotopic (exact) mass is 417 g/mol. The van der Waals surface area contributed by atoms with Gasteiger partial charge in [-0.25, -0.2) is 17.4 Å². The normalized spacial score (nSPS) is 11.8. The van der Waals surface area contributed by atoms with Crippen molar-refractivity contribution in [2.24, 2.45) is 0 Å². The molecule has 1 aromatic carbocycles. The minimum absolute atomic E-state index is 0.0115. The fourth-order valence-corrected chi connectivity index (χ4v) is 3.68. The third-order valence-corrected chi connectivity index (χ3v) is 6.39. The number of rotatable bonds is 6. The molecule has 0 amide bonds. The topological polar surface area (TPSA) is 89.3 Å². The largest absolute Gasteiger partial charge is 0.297 e. The number of benzene rings is 1. The van der Waals surface area contributed by atoms with Crippen LogP contribution in [0.3, 0.4) is 0 Å². The van der Waals surface area contributed by atoms with Gasteiger partial charge in [0, 0.05) is 20.5 Å². The maximum absolute atomic E-state index is 12.4. The van der Waals surface area contributed by atoms with Gasteiger partial charge in [0.2, 0.25) is 10.0 Å². The second-order valence-corrected chi connectivity index (χ2v) is 8.78. The fraction of sp³-hybridized carbons (Fsp3) is 0.312. The molecule has 26 heavy (non-hydrogen) atoms. The summed E-state index contributed by atoms with van der Waals surface area (Å²) in [6, 6.07) is 4.78. The molecule has 1 heterocycles. The molecule has 0 bridgehead atoms. The van der Waals surface area contributed by atoms with E-state index in [0.717, 1.165) is 8.99 Å². The van der Waals surface area contributed by atoms with Gasteiger partial charge in [-0.05, 0) is 24.1 Å². The Balaban J connectivity index is 2.26. The van der Waals surface area contributed by atoms with Crippen molar-refractivity contribution < 1.29 is 13.2 Å². The van der Waals surface area contributed by atoms with Crippen molar-refractivity contribution in [3.63, 3.8) is 0 Å². The highest BCUT2D eigenvalue weighted by Gasteiger charge is 2.20. The van der Waals surface area contributed by atoms with Gasteiger partial charge in [0.25, 0.3) is 5.56 Å². The van der Waals surface area contributed by atoms with Crippen LogP contribution in [0, 0.1) is 6.92 Å². The molecule has 0 saturated heterocycles. The second-order valence-electron chi connectivity index (χ2n) is 5.87. The molecule has 0 unspecified atom stereocenters. The van der Waals surface area contributed by atoms with E-state index in [4.69, 9.17) is 23.2 Å². The number of aromatic nitrogens is 2. The van der Waals surface area contributed by atoms with Crippen molar-refractivity contribution in [2.75, 3.05) is 14.1 Å². The predicted octanol–water partition coefficient (Wildman–Crippen LogP) is 1.92. The number of aryl methyl sites for hydroxylation is 1. The Morgan fingerprint density at radius 3 is 2.54 bits per heavy atom. The number of ketones is 1. The third kappa shape index (κ3) is 4.32. The number of halogens is 2. The van der Waals surface area contributed by atoms with Crippen LogP contribution >= 0.6 is 23.2 Å². The average Bonchev–Trinajstić information content (AvgIpc) is 2.57. The summed E-state index contributed by atoms with van der Waals surface area (Å²) in [5.41, 5.74) is 0.443. The maximum Gasteiger partial charge on any atom is 0.287 e. The van der Waals surface area contributed by atoms with Gasteiger partial charge in [0.05, 0.1) is 16.1 Å². The molecule has 0 spiro atoms. The number of hydrogen-bond acceptors (Lipinski definition) is 5. The van der Waals surface area contributed by atoms with Crippen LogP contribution in [0.4, 0.5) is 0 Å². The van der Waals surface area contributed by atoms with Crippen LogP contribution < -0.4 is 5.56 Å². The molecular weight excluding hydrogens is 401 g/mol. The average molecular weight is 418 g/mol.